The minimum absolute atomic E-state index is 0.0601. The van der Waals surface area contributed by atoms with Gasteiger partial charge in [-0.15, -0.1) is 0 Å². The van der Waals surface area contributed by atoms with Gasteiger partial charge in [-0.2, -0.15) is 13.2 Å². The molecule has 4 unspecified atom stereocenters. The van der Waals surface area contributed by atoms with Crippen LogP contribution < -0.4 is 14.8 Å². The normalized spacial score (nSPS) is 18.5. The summed E-state index contributed by atoms with van der Waals surface area (Å²) in [6, 6.07) is 25.7. The summed E-state index contributed by atoms with van der Waals surface area (Å²) in [5.74, 6) is -0.572. The average molecular weight is 764 g/mol. The number of alkyl halides is 3. The third-order valence-corrected chi connectivity index (χ3v) is 10.7. The lowest BCUT2D eigenvalue weighted by molar-refractivity contribution is -0.173. The van der Waals surface area contributed by atoms with Crippen LogP contribution in [-0.2, 0) is 33.7 Å². The van der Waals surface area contributed by atoms with Crippen LogP contribution in [0.3, 0.4) is 0 Å². The van der Waals surface area contributed by atoms with E-state index in [1.165, 1.54) is 0 Å². The number of benzene rings is 3. The smallest absolute Gasteiger partial charge is 0.471 e. The Balaban J connectivity index is 1.57. The molecule has 1 N–H and O–H groups in total. The molecule has 0 aromatic heterocycles. The maximum absolute atomic E-state index is 12.5. The van der Waals surface area contributed by atoms with E-state index in [0.717, 1.165) is 16.7 Å². The van der Waals surface area contributed by atoms with Crippen molar-refractivity contribution < 1.29 is 50.7 Å². The van der Waals surface area contributed by atoms with Gasteiger partial charge in [0, 0.05) is 25.0 Å². The number of carbonyl (C=O) groups excluding carboxylic acids is 1. The number of halogens is 3. The summed E-state index contributed by atoms with van der Waals surface area (Å²) in [5, 5.41) is 1.79. The summed E-state index contributed by atoms with van der Waals surface area (Å²) in [6.45, 7) is 10.1. The Bertz CT molecular complexity index is 1470. The van der Waals surface area contributed by atoms with Crippen LogP contribution in [0.1, 0.15) is 51.3 Å². The standard InChI is InChI=1S/C39H51F3N2O8P/c1-27(2)44(28(3)4)53(50-24-23-48-22-21-43-37(45)39(40,41)42)52-35-25-29(5)51-36(35)26-49-38(30-11-9-8-10-12-30,31-13-17-33(46-6)18-14-31)32-15-19-34(47-7)20-16-32/h8-20,25,27-29,35-36H,21-24,26H2,1-7H3,(H,43,45). The highest BCUT2D eigenvalue weighted by atomic mass is 31.2. The van der Waals surface area contributed by atoms with Crippen molar-refractivity contribution in [3.05, 3.63) is 102 Å². The zero-order valence-electron chi connectivity index (χ0n) is 31.3. The fraction of sp³-hybridized carbons (Fsp3) is 0.487. The van der Waals surface area contributed by atoms with Gasteiger partial charge in [-0.1, -0.05) is 54.6 Å². The first kappa shape index (κ1) is 42.5. The molecule has 1 amide bonds. The van der Waals surface area contributed by atoms with Crippen LogP contribution in [0.15, 0.2) is 78.9 Å². The van der Waals surface area contributed by atoms with Gasteiger partial charge in [-0.3, -0.25) is 4.79 Å². The van der Waals surface area contributed by atoms with E-state index in [4.69, 9.17) is 32.7 Å². The molecule has 1 radical (unpaired) electrons. The van der Waals surface area contributed by atoms with Gasteiger partial charge in [-0.05, 0) is 75.6 Å². The summed E-state index contributed by atoms with van der Waals surface area (Å²) < 4.78 is 82.5. The summed E-state index contributed by atoms with van der Waals surface area (Å²) in [5.41, 5.74) is 1.63. The van der Waals surface area contributed by atoms with E-state index in [9.17, 15) is 18.0 Å². The maximum atomic E-state index is 12.5. The Hall–Kier alpha value is -3.29. The van der Waals surface area contributed by atoms with Crippen LogP contribution in [0.5, 0.6) is 11.5 Å². The summed E-state index contributed by atoms with van der Waals surface area (Å²) in [6.07, 6.45) is -4.19. The van der Waals surface area contributed by atoms with Crippen LogP contribution in [-0.4, -0.2) is 94.3 Å². The van der Waals surface area contributed by atoms with Crippen LogP contribution >= 0.6 is 8.53 Å². The van der Waals surface area contributed by atoms with Crippen molar-refractivity contribution in [2.24, 2.45) is 0 Å². The maximum Gasteiger partial charge on any atom is 0.471 e. The van der Waals surface area contributed by atoms with Gasteiger partial charge in [0.2, 0.25) is 0 Å². The summed E-state index contributed by atoms with van der Waals surface area (Å²) in [4.78, 5) is 11.1. The summed E-state index contributed by atoms with van der Waals surface area (Å²) in [7, 11) is 1.61. The van der Waals surface area contributed by atoms with E-state index in [1.807, 2.05) is 92.2 Å². The molecule has 0 bridgehead atoms. The second-order valence-corrected chi connectivity index (χ2v) is 14.4. The second-order valence-electron chi connectivity index (χ2n) is 13.0. The molecule has 1 aliphatic rings. The molecular formula is C39H51F3N2O8P. The van der Waals surface area contributed by atoms with Gasteiger partial charge in [0.25, 0.3) is 8.53 Å². The molecule has 0 spiro atoms. The minimum Gasteiger partial charge on any atom is -0.497 e. The highest BCUT2D eigenvalue weighted by Crippen LogP contribution is 2.49. The molecule has 1 aliphatic heterocycles. The zero-order valence-corrected chi connectivity index (χ0v) is 32.2. The number of methoxy groups -OCH3 is 2. The number of nitrogens with one attached hydrogen (secondary N) is 1. The van der Waals surface area contributed by atoms with Crippen LogP contribution in [0, 0.1) is 6.42 Å². The molecule has 1 fully saturated rings. The molecule has 291 valence electrons. The molecule has 3 aromatic rings. The van der Waals surface area contributed by atoms with Gasteiger partial charge >= 0.3 is 12.1 Å². The fourth-order valence-corrected chi connectivity index (χ4v) is 7.85. The van der Waals surface area contributed by atoms with Gasteiger partial charge in [0.05, 0.1) is 52.9 Å². The fourth-order valence-electron chi connectivity index (χ4n) is 6.15. The predicted octanol–water partition coefficient (Wildman–Crippen LogP) is 7.45. The largest absolute Gasteiger partial charge is 0.497 e. The Morgan fingerprint density at radius 1 is 0.830 bits per heavy atom. The van der Waals surface area contributed by atoms with Gasteiger partial charge in [-0.25, -0.2) is 4.67 Å². The first-order valence-corrected chi connectivity index (χ1v) is 18.7. The van der Waals surface area contributed by atoms with Crippen molar-refractivity contribution in [3.63, 3.8) is 0 Å². The highest BCUT2D eigenvalue weighted by molar-refractivity contribution is 7.44. The van der Waals surface area contributed by atoms with Crippen LogP contribution in [0.2, 0.25) is 0 Å². The van der Waals surface area contributed by atoms with Crippen molar-refractivity contribution in [1.82, 2.24) is 9.99 Å². The van der Waals surface area contributed by atoms with Crippen molar-refractivity contribution in [2.75, 3.05) is 47.2 Å². The first-order valence-electron chi connectivity index (χ1n) is 17.6. The van der Waals surface area contributed by atoms with E-state index in [2.05, 4.69) is 32.4 Å². The monoisotopic (exact) mass is 763 g/mol. The van der Waals surface area contributed by atoms with E-state index in [1.54, 1.807) is 19.5 Å². The third kappa shape index (κ3) is 11.4. The Morgan fingerprint density at radius 3 is 1.89 bits per heavy atom. The van der Waals surface area contributed by atoms with Gasteiger partial charge < -0.3 is 38.0 Å². The number of nitrogens with zero attached hydrogens (tertiary/aromatic N) is 1. The number of carbonyl (C=O) groups is 1. The lowest BCUT2D eigenvalue weighted by Crippen LogP contribution is -2.40. The lowest BCUT2D eigenvalue weighted by Gasteiger charge is -2.39. The molecule has 3 aromatic carbocycles. The lowest BCUT2D eigenvalue weighted by atomic mass is 9.80. The number of hydrogen-bond donors (Lipinski definition) is 1. The molecule has 4 rings (SSSR count). The topological polar surface area (TPSA) is 97.0 Å². The van der Waals surface area contributed by atoms with Gasteiger partial charge in [0.15, 0.2) is 0 Å². The molecule has 1 saturated heterocycles. The molecule has 53 heavy (non-hydrogen) atoms. The third-order valence-electron chi connectivity index (χ3n) is 8.53. The van der Waals surface area contributed by atoms with Gasteiger partial charge in [0.1, 0.15) is 23.2 Å². The number of rotatable bonds is 20. The number of amides is 1. The van der Waals surface area contributed by atoms with E-state index in [-0.39, 0.29) is 51.2 Å². The van der Waals surface area contributed by atoms with E-state index < -0.39 is 38.4 Å². The molecule has 0 saturated carbocycles. The van der Waals surface area contributed by atoms with Crippen molar-refractivity contribution in [3.8, 4) is 11.5 Å². The SMILES string of the molecule is COc1ccc(C(OCC2OC(C)[CH]C2OP(OCCOCCNC(=O)C(F)(F)F)N(C(C)C)C(C)C)(c2ccccc2)c2ccc(OC)cc2)cc1. The Kier molecular flexibility index (Phi) is 15.9. The molecular weight excluding hydrogens is 712 g/mol. The van der Waals surface area contributed by atoms with E-state index >= 15 is 0 Å². The zero-order chi connectivity index (χ0) is 38.6. The van der Waals surface area contributed by atoms with Crippen molar-refractivity contribution in [1.29, 1.82) is 0 Å². The quantitative estimate of drug-likeness (QED) is 0.0716. The van der Waals surface area contributed by atoms with E-state index in [0.29, 0.717) is 11.5 Å². The summed E-state index contributed by atoms with van der Waals surface area (Å²) >= 11 is 0. The van der Waals surface area contributed by atoms with Crippen LogP contribution in [0.25, 0.3) is 0 Å². The molecule has 4 atom stereocenters. The van der Waals surface area contributed by atoms with Crippen LogP contribution in [0.4, 0.5) is 13.2 Å². The number of ether oxygens (including phenoxy) is 5. The first-order chi connectivity index (χ1) is 25.3. The highest BCUT2D eigenvalue weighted by Gasteiger charge is 2.44. The Labute approximate surface area is 312 Å². The predicted molar refractivity (Wildman–Crippen MR) is 197 cm³/mol. The van der Waals surface area contributed by atoms with Crippen molar-refractivity contribution in [2.45, 2.75) is 76.8 Å². The molecule has 10 nitrogen and oxygen atoms in total. The van der Waals surface area contributed by atoms with Crippen molar-refractivity contribution >= 4 is 14.4 Å². The minimum atomic E-state index is -4.94. The molecule has 14 heteroatoms. The second kappa shape index (κ2) is 19.9. The average Bonchev–Trinajstić information content (AvgIpc) is 3.49. The molecule has 1 heterocycles. The Morgan fingerprint density at radius 2 is 1.38 bits per heavy atom. The number of hydrogen-bond acceptors (Lipinski definition) is 9. The molecule has 0 aliphatic carbocycles.